The van der Waals surface area contributed by atoms with Gasteiger partial charge in [0.05, 0.1) is 41.8 Å². The van der Waals surface area contributed by atoms with Crippen LogP contribution >= 0.6 is 0 Å². The maximum atomic E-state index is 12.6. The van der Waals surface area contributed by atoms with E-state index in [0.717, 1.165) is 33.7 Å². The van der Waals surface area contributed by atoms with Crippen LogP contribution in [-0.2, 0) is 13.5 Å². The number of imidazole rings is 1. The van der Waals surface area contributed by atoms with Crippen molar-refractivity contribution >= 4 is 16.7 Å². The van der Waals surface area contributed by atoms with Crippen molar-refractivity contribution in [3.8, 4) is 11.3 Å². The number of carbonyl (C=O) groups is 1. The van der Waals surface area contributed by atoms with Crippen molar-refractivity contribution < 1.29 is 4.79 Å². The minimum Gasteiger partial charge on any atom is -0.331 e. The minimum atomic E-state index is 0.00474. The highest BCUT2D eigenvalue weighted by molar-refractivity contribution is 5.97. The summed E-state index contributed by atoms with van der Waals surface area (Å²) in [7, 11) is 1.98. The molecular weight excluding hydrogens is 352 g/mol. The third-order valence-electron chi connectivity index (χ3n) is 4.93. The molecule has 0 atom stereocenters. The average Bonchev–Trinajstić information content (AvgIpc) is 3.29. The Balaban J connectivity index is 1.62. The molecule has 4 rings (SSSR count). The Hall–Kier alpha value is -3.35. The molecule has 0 fully saturated rings. The summed E-state index contributed by atoms with van der Waals surface area (Å²) < 4.78 is 3.81. The lowest BCUT2D eigenvalue weighted by Gasteiger charge is -2.06. The van der Waals surface area contributed by atoms with Crippen molar-refractivity contribution in [3.63, 3.8) is 0 Å². The van der Waals surface area contributed by atoms with Gasteiger partial charge in [-0.05, 0) is 32.9 Å². The zero-order valence-electron chi connectivity index (χ0n) is 16.4. The van der Waals surface area contributed by atoms with Crippen molar-refractivity contribution in [2.24, 2.45) is 7.05 Å². The van der Waals surface area contributed by atoms with E-state index in [-0.39, 0.29) is 18.2 Å². The van der Waals surface area contributed by atoms with Gasteiger partial charge in [0.25, 0.3) is 0 Å². The second-order valence-electron chi connectivity index (χ2n) is 7.24. The van der Waals surface area contributed by atoms with Crippen LogP contribution in [0.2, 0.25) is 0 Å². The number of hydrogen-bond donors (Lipinski definition) is 0. The second-order valence-corrected chi connectivity index (χ2v) is 7.24. The minimum absolute atomic E-state index is 0.00474. The number of ketones is 1. The summed E-state index contributed by atoms with van der Waals surface area (Å²) in [4.78, 5) is 25.9. The van der Waals surface area contributed by atoms with Gasteiger partial charge in [0, 0.05) is 42.1 Å². The van der Waals surface area contributed by atoms with Crippen LogP contribution in [0.4, 0.5) is 0 Å². The Bertz CT molecular complexity index is 1170. The molecule has 0 amide bonds. The number of Topliss-reactive ketones (excluding diaryl/α,β-unsaturated/α-hetero) is 1. The summed E-state index contributed by atoms with van der Waals surface area (Å²) >= 11 is 0. The molecule has 0 N–H and O–H groups in total. The Morgan fingerprint density at radius 2 is 1.89 bits per heavy atom. The van der Waals surface area contributed by atoms with E-state index in [1.165, 1.54) is 0 Å². The molecule has 7 heteroatoms. The Labute approximate surface area is 163 Å². The molecule has 0 radical (unpaired) electrons. The SMILES string of the molecule is Cc1ncc(-c2cnc3cnc(CC(=O)c4cnn(C(C)C)c4)cc3c2)n1C. The summed E-state index contributed by atoms with van der Waals surface area (Å²) in [5, 5.41) is 5.19. The Morgan fingerprint density at radius 3 is 2.57 bits per heavy atom. The lowest BCUT2D eigenvalue weighted by molar-refractivity contribution is 0.0992. The number of aryl methyl sites for hydroxylation is 1. The topological polar surface area (TPSA) is 78.5 Å². The van der Waals surface area contributed by atoms with Crippen LogP contribution in [0.25, 0.3) is 22.2 Å². The van der Waals surface area contributed by atoms with E-state index in [4.69, 9.17) is 0 Å². The third-order valence-corrected chi connectivity index (χ3v) is 4.93. The predicted molar refractivity (Wildman–Crippen MR) is 107 cm³/mol. The molecule has 142 valence electrons. The molecule has 0 bridgehead atoms. The standard InChI is InChI=1S/C21H22N6O/c1-13(2)27-12-17(9-25-27)21(28)7-18-6-15-5-16(8-24-19(15)10-23-18)20-11-22-14(3)26(20)4/h5-6,8-13H,7H2,1-4H3. The van der Waals surface area contributed by atoms with Crippen LogP contribution in [0.5, 0.6) is 0 Å². The fourth-order valence-corrected chi connectivity index (χ4v) is 3.11. The number of aromatic nitrogens is 6. The number of fused-ring (bicyclic) bond motifs is 1. The first-order valence-corrected chi connectivity index (χ1v) is 9.23. The monoisotopic (exact) mass is 374 g/mol. The predicted octanol–water partition coefficient (Wildman–Crippen LogP) is 3.54. The molecule has 4 aromatic rings. The van der Waals surface area contributed by atoms with Gasteiger partial charge in [-0.25, -0.2) is 4.98 Å². The van der Waals surface area contributed by atoms with Crippen molar-refractivity contribution in [1.29, 1.82) is 0 Å². The largest absolute Gasteiger partial charge is 0.331 e. The van der Waals surface area contributed by atoms with Gasteiger partial charge in [-0.15, -0.1) is 0 Å². The fraction of sp³-hybridized carbons (Fsp3) is 0.286. The first-order chi connectivity index (χ1) is 13.4. The van der Waals surface area contributed by atoms with Gasteiger partial charge in [-0.2, -0.15) is 5.10 Å². The van der Waals surface area contributed by atoms with Gasteiger partial charge < -0.3 is 4.57 Å². The first kappa shape index (κ1) is 18.0. The third kappa shape index (κ3) is 3.31. The van der Waals surface area contributed by atoms with Crippen LogP contribution in [0.15, 0.2) is 43.1 Å². The molecular formula is C21H22N6O. The number of rotatable bonds is 5. The molecule has 28 heavy (non-hydrogen) atoms. The molecule has 0 spiro atoms. The highest BCUT2D eigenvalue weighted by atomic mass is 16.1. The Kier molecular flexibility index (Phi) is 4.50. The molecule has 7 nitrogen and oxygen atoms in total. The highest BCUT2D eigenvalue weighted by Crippen LogP contribution is 2.23. The maximum Gasteiger partial charge on any atom is 0.171 e. The van der Waals surface area contributed by atoms with Crippen LogP contribution in [0.1, 0.15) is 41.8 Å². The van der Waals surface area contributed by atoms with Crippen LogP contribution < -0.4 is 0 Å². The maximum absolute atomic E-state index is 12.6. The lowest BCUT2D eigenvalue weighted by Crippen LogP contribution is -2.05. The summed E-state index contributed by atoms with van der Waals surface area (Å²) in [6, 6.07) is 4.21. The van der Waals surface area contributed by atoms with E-state index in [0.29, 0.717) is 5.56 Å². The van der Waals surface area contributed by atoms with E-state index >= 15 is 0 Å². The van der Waals surface area contributed by atoms with Gasteiger partial charge in [0.1, 0.15) is 5.82 Å². The molecule has 0 aliphatic heterocycles. The van der Waals surface area contributed by atoms with E-state index in [1.807, 2.05) is 50.8 Å². The van der Waals surface area contributed by atoms with Gasteiger partial charge in [-0.1, -0.05) is 0 Å². The molecule has 0 unspecified atom stereocenters. The normalized spacial score (nSPS) is 11.5. The molecule has 0 saturated carbocycles. The summed E-state index contributed by atoms with van der Waals surface area (Å²) in [6.07, 6.45) is 9.02. The molecule has 4 aromatic heterocycles. The molecule has 4 heterocycles. The van der Waals surface area contributed by atoms with E-state index in [1.54, 1.807) is 23.3 Å². The number of pyridine rings is 2. The second kappa shape index (κ2) is 6.99. The zero-order chi connectivity index (χ0) is 19.8. The number of hydrogen-bond acceptors (Lipinski definition) is 5. The first-order valence-electron chi connectivity index (χ1n) is 9.23. The summed E-state index contributed by atoms with van der Waals surface area (Å²) in [5.41, 5.74) is 4.11. The lowest BCUT2D eigenvalue weighted by atomic mass is 10.1. The van der Waals surface area contributed by atoms with Gasteiger partial charge in [0.15, 0.2) is 5.78 Å². The summed E-state index contributed by atoms with van der Waals surface area (Å²) in [5.74, 6) is 0.947. The van der Waals surface area contributed by atoms with Crippen LogP contribution in [-0.4, -0.2) is 35.1 Å². The smallest absolute Gasteiger partial charge is 0.171 e. The zero-order valence-corrected chi connectivity index (χ0v) is 16.4. The highest BCUT2D eigenvalue weighted by Gasteiger charge is 2.13. The van der Waals surface area contributed by atoms with Crippen molar-refractivity contribution in [3.05, 3.63) is 60.2 Å². The van der Waals surface area contributed by atoms with Gasteiger partial charge in [-0.3, -0.25) is 19.4 Å². The number of carbonyl (C=O) groups excluding carboxylic acids is 1. The van der Waals surface area contributed by atoms with Crippen LogP contribution in [0.3, 0.4) is 0 Å². The van der Waals surface area contributed by atoms with E-state index in [9.17, 15) is 4.79 Å². The Morgan fingerprint density at radius 1 is 1.07 bits per heavy atom. The quantitative estimate of drug-likeness (QED) is 0.499. The van der Waals surface area contributed by atoms with E-state index < -0.39 is 0 Å². The molecule has 0 aliphatic rings. The average molecular weight is 374 g/mol. The van der Waals surface area contributed by atoms with Gasteiger partial charge in [0.2, 0.25) is 0 Å². The van der Waals surface area contributed by atoms with Crippen LogP contribution in [0, 0.1) is 6.92 Å². The van der Waals surface area contributed by atoms with Crippen molar-refractivity contribution in [2.75, 3.05) is 0 Å². The van der Waals surface area contributed by atoms with E-state index in [2.05, 4.69) is 26.1 Å². The molecule has 0 aromatic carbocycles. The molecule has 0 aliphatic carbocycles. The molecule has 0 saturated heterocycles. The number of nitrogens with zero attached hydrogens (tertiary/aromatic N) is 6. The van der Waals surface area contributed by atoms with Crippen molar-refractivity contribution in [1.82, 2.24) is 29.3 Å². The van der Waals surface area contributed by atoms with Crippen molar-refractivity contribution in [2.45, 2.75) is 33.2 Å². The fourth-order valence-electron chi connectivity index (χ4n) is 3.11. The summed E-state index contributed by atoms with van der Waals surface area (Å²) in [6.45, 7) is 6.02. The van der Waals surface area contributed by atoms with Gasteiger partial charge >= 0.3 is 0 Å².